The molecule has 4 heteroatoms. The lowest BCUT2D eigenvalue weighted by atomic mass is 9.94. The van der Waals surface area contributed by atoms with E-state index in [1.807, 2.05) is 17.9 Å². The van der Waals surface area contributed by atoms with Gasteiger partial charge < -0.3 is 9.42 Å². The first-order chi connectivity index (χ1) is 7.16. The van der Waals surface area contributed by atoms with Crippen LogP contribution in [0.3, 0.4) is 0 Å². The van der Waals surface area contributed by atoms with E-state index in [4.69, 9.17) is 4.52 Å². The topological polar surface area (TPSA) is 46.3 Å². The average molecular weight is 208 g/mol. The van der Waals surface area contributed by atoms with Crippen LogP contribution >= 0.6 is 0 Å². The van der Waals surface area contributed by atoms with Gasteiger partial charge in [-0.2, -0.15) is 0 Å². The van der Waals surface area contributed by atoms with Crippen molar-refractivity contribution >= 4 is 5.91 Å². The third kappa shape index (κ3) is 2.19. The zero-order valence-electron chi connectivity index (χ0n) is 9.19. The summed E-state index contributed by atoms with van der Waals surface area (Å²) in [5.41, 5.74) is 0.930. The van der Waals surface area contributed by atoms with Gasteiger partial charge in [-0.15, -0.1) is 0 Å². The van der Waals surface area contributed by atoms with E-state index in [-0.39, 0.29) is 5.91 Å². The van der Waals surface area contributed by atoms with E-state index in [9.17, 15) is 4.79 Å². The van der Waals surface area contributed by atoms with Crippen LogP contribution in [0.2, 0.25) is 0 Å². The van der Waals surface area contributed by atoms with Crippen LogP contribution in [0.15, 0.2) is 10.6 Å². The Hall–Kier alpha value is -1.32. The van der Waals surface area contributed by atoms with E-state index in [0.29, 0.717) is 5.92 Å². The molecular weight excluding hydrogens is 192 g/mol. The molecule has 1 saturated heterocycles. The molecule has 82 valence electrons. The highest BCUT2D eigenvalue weighted by atomic mass is 16.5. The zero-order chi connectivity index (χ0) is 10.8. The van der Waals surface area contributed by atoms with Gasteiger partial charge in [-0.3, -0.25) is 4.79 Å². The number of likely N-dealkylation sites (tertiary alicyclic amines) is 1. The Morgan fingerprint density at radius 1 is 1.53 bits per heavy atom. The first-order valence-corrected chi connectivity index (χ1v) is 5.35. The van der Waals surface area contributed by atoms with E-state index in [2.05, 4.69) is 5.16 Å². The molecule has 1 fully saturated rings. The summed E-state index contributed by atoms with van der Waals surface area (Å²) in [7, 11) is 0. The molecule has 0 radical (unpaired) electrons. The molecule has 1 amide bonds. The Morgan fingerprint density at radius 2 is 2.20 bits per heavy atom. The maximum Gasteiger partial charge on any atom is 0.219 e. The van der Waals surface area contributed by atoms with Gasteiger partial charge in [-0.1, -0.05) is 5.16 Å². The summed E-state index contributed by atoms with van der Waals surface area (Å²) >= 11 is 0. The highest BCUT2D eigenvalue weighted by molar-refractivity contribution is 5.73. The summed E-state index contributed by atoms with van der Waals surface area (Å²) in [4.78, 5) is 13.0. The molecule has 0 aliphatic carbocycles. The second-order valence-electron chi connectivity index (χ2n) is 4.15. The molecule has 0 spiro atoms. The van der Waals surface area contributed by atoms with Gasteiger partial charge in [0.2, 0.25) is 5.91 Å². The maximum absolute atomic E-state index is 11.1. The van der Waals surface area contributed by atoms with Crippen LogP contribution in [0.1, 0.15) is 37.1 Å². The molecule has 1 aromatic rings. The number of rotatable bonds is 1. The molecule has 2 heterocycles. The van der Waals surface area contributed by atoms with E-state index in [0.717, 1.165) is 37.4 Å². The molecule has 0 N–H and O–H groups in total. The smallest absolute Gasteiger partial charge is 0.219 e. The Morgan fingerprint density at radius 3 is 2.67 bits per heavy atom. The summed E-state index contributed by atoms with van der Waals surface area (Å²) in [6, 6.07) is 1.99. The molecule has 2 rings (SSSR count). The number of amides is 1. The number of piperidine rings is 1. The van der Waals surface area contributed by atoms with Crippen molar-refractivity contribution in [3.63, 3.8) is 0 Å². The van der Waals surface area contributed by atoms with E-state index in [1.54, 1.807) is 6.92 Å². The Labute approximate surface area is 89.2 Å². The van der Waals surface area contributed by atoms with Crippen molar-refractivity contribution in [2.45, 2.75) is 32.6 Å². The number of aryl methyl sites for hydroxylation is 1. The first-order valence-electron chi connectivity index (χ1n) is 5.35. The number of hydrogen-bond acceptors (Lipinski definition) is 3. The molecule has 4 nitrogen and oxygen atoms in total. The first kappa shape index (κ1) is 10.2. The second-order valence-corrected chi connectivity index (χ2v) is 4.15. The molecule has 1 aromatic heterocycles. The van der Waals surface area contributed by atoms with Crippen LogP contribution in [0, 0.1) is 6.92 Å². The van der Waals surface area contributed by atoms with Crippen molar-refractivity contribution < 1.29 is 9.32 Å². The summed E-state index contributed by atoms with van der Waals surface area (Å²) < 4.78 is 5.25. The molecule has 15 heavy (non-hydrogen) atoms. The molecule has 0 unspecified atom stereocenters. The minimum absolute atomic E-state index is 0.169. The summed E-state index contributed by atoms with van der Waals surface area (Å²) in [6.07, 6.45) is 1.96. The molecule has 1 aliphatic rings. The van der Waals surface area contributed by atoms with Crippen molar-refractivity contribution in [2.24, 2.45) is 0 Å². The molecule has 0 atom stereocenters. The van der Waals surface area contributed by atoms with Crippen molar-refractivity contribution in [3.8, 4) is 0 Å². The number of nitrogens with zero attached hydrogens (tertiary/aromatic N) is 2. The van der Waals surface area contributed by atoms with Crippen molar-refractivity contribution in [1.29, 1.82) is 0 Å². The van der Waals surface area contributed by atoms with Crippen LogP contribution in [0.25, 0.3) is 0 Å². The normalized spacial score (nSPS) is 18.1. The zero-order valence-corrected chi connectivity index (χ0v) is 9.19. The minimum Gasteiger partial charge on any atom is -0.361 e. The van der Waals surface area contributed by atoms with Gasteiger partial charge in [-0.25, -0.2) is 0 Å². The van der Waals surface area contributed by atoms with Crippen LogP contribution in [-0.2, 0) is 4.79 Å². The standard InChI is InChI=1S/C11H16N2O2/c1-8-7-11(15-12-8)10-3-5-13(6-4-10)9(2)14/h7,10H,3-6H2,1-2H3. The van der Waals surface area contributed by atoms with Gasteiger partial charge in [0.25, 0.3) is 0 Å². The largest absolute Gasteiger partial charge is 0.361 e. The summed E-state index contributed by atoms with van der Waals surface area (Å²) in [5, 5.41) is 3.89. The fraction of sp³-hybridized carbons (Fsp3) is 0.636. The number of carbonyl (C=O) groups excluding carboxylic acids is 1. The van der Waals surface area contributed by atoms with Crippen LogP contribution in [0.5, 0.6) is 0 Å². The lowest BCUT2D eigenvalue weighted by molar-refractivity contribution is -0.129. The SMILES string of the molecule is CC(=O)N1CCC(c2cc(C)no2)CC1. The van der Waals surface area contributed by atoms with Gasteiger partial charge in [0.1, 0.15) is 5.76 Å². The summed E-state index contributed by atoms with van der Waals surface area (Å²) in [6.45, 7) is 5.22. The molecule has 0 bridgehead atoms. The van der Waals surface area contributed by atoms with E-state index in [1.165, 1.54) is 0 Å². The van der Waals surface area contributed by atoms with E-state index >= 15 is 0 Å². The minimum atomic E-state index is 0.169. The lowest BCUT2D eigenvalue weighted by Crippen LogP contribution is -2.36. The van der Waals surface area contributed by atoms with E-state index < -0.39 is 0 Å². The fourth-order valence-corrected chi connectivity index (χ4v) is 2.05. The van der Waals surface area contributed by atoms with Crippen LogP contribution in [-0.4, -0.2) is 29.1 Å². The third-order valence-corrected chi connectivity index (χ3v) is 2.99. The third-order valence-electron chi connectivity index (χ3n) is 2.99. The van der Waals surface area contributed by atoms with Crippen molar-refractivity contribution in [1.82, 2.24) is 10.1 Å². The van der Waals surface area contributed by atoms with Gasteiger partial charge in [-0.05, 0) is 19.8 Å². The monoisotopic (exact) mass is 208 g/mol. The van der Waals surface area contributed by atoms with Crippen LogP contribution in [0.4, 0.5) is 0 Å². The second kappa shape index (κ2) is 4.04. The average Bonchev–Trinajstić information content (AvgIpc) is 2.65. The Kier molecular flexibility index (Phi) is 2.75. The number of hydrogen-bond donors (Lipinski definition) is 0. The Balaban J connectivity index is 1.96. The predicted molar refractivity (Wildman–Crippen MR) is 55.5 cm³/mol. The maximum atomic E-state index is 11.1. The Bertz CT molecular complexity index is 351. The molecular formula is C11H16N2O2. The van der Waals surface area contributed by atoms with Gasteiger partial charge in [0.15, 0.2) is 0 Å². The van der Waals surface area contributed by atoms with Gasteiger partial charge in [0.05, 0.1) is 5.69 Å². The quantitative estimate of drug-likeness (QED) is 0.705. The highest BCUT2D eigenvalue weighted by Gasteiger charge is 2.24. The van der Waals surface area contributed by atoms with Crippen molar-refractivity contribution in [3.05, 3.63) is 17.5 Å². The van der Waals surface area contributed by atoms with Crippen LogP contribution < -0.4 is 0 Å². The van der Waals surface area contributed by atoms with Gasteiger partial charge in [0, 0.05) is 32.0 Å². The van der Waals surface area contributed by atoms with Crippen molar-refractivity contribution in [2.75, 3.05) is 13.1 Å². The van der Waals surface area contributed by atoms with Gasteiger partial charge >= 0.3 is 0 Å². The molecule has 1 aliphatic heterocycles. The number of aromatic nitrogens is 1. The molecule has 0 aromatic carbocycles. The number of carbonyl (C=O) groups is 1. The summed E-state index contributed by atoms with van der Waals surface area (Å²) in [5.74, 6) is 1.57. The highest BCUT2D eigenvalue weighted by Crippen LogP contribution is 2.28. The fourth-order valence-electron chi connectivity index (χ4n) is 2.05. The molecule has 0 saturated carbocycles. The lowest BCUT2D eigenvalue weighted by Gasteiger charge is -2.29. The predicted octanol–water partition coefficient (Wildman–Crippen LogP) is 1.71.